The van der Waals surface area contributed by atoms with Crippen LogP contribution in [0.2, 0.25) is 0 Å². The number of carbonyl (C=O) groups is 1. The second-order valence-electron chi connectivity index (χ2n) is 3.61. The van der Waals surface area contributed by atoms with E-state index in [2.05, 4.69) is 30.3 Å². The molecule has 0 saturated heterocycles. The van der Waals surface area contributed by atoms with E-state index in [1.54, 1.807) is 6.92 Å². The zero-order chi connectivity index (χ0) is 9.42. The lowest BCUT2D eigenvalue weighted by Gasteiger charge is -2.24. The predicted molar refractivity (Wildman–Crippen MR) is 52.1 cm³/mol. The summed E-state index contributed by atoms with van der Waals surface area (Å²) in [7, 11) is 2.05. The molecule has 13 heavy (non-hydrogen) atoms. The highest BCUT2D eigenvalue weighted by Crippen LogP contribution is 2.27. The molecule has 0 fully saturated rings. The lowest BCUT2D eigenvalue weighted by molar-refractivity contribution is -0.113. The molecule has 2 unspecified atom stereocenters. The molecule has 68 valence electrons. The second-order valence-corrected chi connectivity index (χ2v) is 3.61. The Hall–Kier alpha value is -1.31. The fourth-order valence-corrected chi connectivity index (χ4v) is 1.84. The lowest BCUT2D eigenvalue weighted by atomic mass is 9.92. The molecule has 2 aliphatic rings. The van der Waals surface area contributed by atoms with E-state index in [-0.39, 0.29) is 5.78 Å². The van der Waals surface area contributed by atoms with Gasteiger partial charge in [-0.15, -0.1) is 0 Å². The normalized spacial score (nSPS) is 30.3. The van der Waals surface area contributed by atoms with Crippen molar-refractivity contribution in [2.45, 2.75) is 13.0 Å². The van der Waals surface area contributed by atoms with Crippen molar-refractivity contribution >= 4 is 5.78 Å². The van der Waals surface area contributed by atoms with Gasteiger partial charge >= 0.3 is 0 Å². The van der Waals surface area contributed by atoms with E-state index in [1.165, 1.54) is 0 Å². The summed E-state index contributed by atoms with van der Waals surface area (Å²) in [6.45, 7) is 1.61. The van der Waals surface area contributed by atoms with E-state index >= 15 is 0 Å². The molecule has 1 heterocycles. The quantitative estimate of drug-likeness (QED) is 0.602. The highest BCUT2D eigenvalue weighted by Gasteiger charge is 2.26. The first-order valence-corrected chi connectivity index (χ1v) is 4.50. The summed E-state index contributed by atoms with van der Waals surface area (Å²) in [5.74, 6) is 0.534. The first kappa shape index (κ1) is 8.30. The number of ketones is 1. The van der Waals surface area contributed by atoms with Crippen LogP contribution in [0.5, 0.6) is 0 Å². The van der Waals surface area contributed by atoms with Crippen LogP contribution in [0.15, 0.2) is 36.1 Å². The maximum Gasteiger partial charge on any atom is 0.159 e. The van der Waals surface area contributed by atoms with Crippen molar-refractivity contribution in [1.82, 2.24) is 4.90 Å². The van der Waals surface area contributed by atoms with Gasteiger partial charge in [-0.3, -0.25) is 4.79 Å². The average molecular weight is 175 g/mol. The van der Waals surface area contributed by atoms with Gasteiger partial charge in [-0.05, 0) is 13.1 Å². The molecule has 2 heteroatoms. The SMILES string of the molecule is CC(=O)C1=CC2C=CN(C)C2C=C1. The Balaban J connectivity index is 2.25. The minimum atomic E-state index is 0.151. The fourth-order valence-electron chi connectivity index (χ4n) is 1.84. The Morgan fingerprint density at radius 2 is 2.23 bits per heavy atom. The summed E-state index contributed by atoms with van der Waals surface area (Å²) in [5.41, 5.74) is 0.834. The summed E-state index contributed by atoms with van der Waals surface area (Å²) in [6, 6.07) is 0.420. The molecule has 1 aliphatic carbocycles. The predicted octanol–water partition coefficient (Wildman–Crippen LogP) is 1.52. The summed E-state index contributed by atoms with van der Waals surface area (Å²) in [6.07, 6.45) is 10.3. The van der Waals surface area contributed by atoms with Gasteiger partial charge in [0.25, 0.3) is 0 Å². The number of hydrogen-bond acceptors (Lipinski definition) is 2. The highest BCUT2D eigenvalue weighted by atomic mass is 16.1. The van der Waals surface area contributed by atoms with Crippen LogP contribution in [0.1, 0.15) is 6.92 Å². The Labute approximate surface area is 78.2 Å². The molecule has 1 aliphatic heterocycles. The van der Waals surface area contributed by atoms with Crippen molar-refractivity contribution in [3.63, 3.8) is 0 Å². The van der Waals surface area contributed by atoms with Crippen molar-refractivity contribution in [2.75, 3.05) is 7.05 Å². The average Bonchev–Trinajstić information content (AvgIpc) is 2.47. The number of fused-ring (bicyclic) bond motifs is 1. The van der Waals surface area contributed by atoms with Crippen LogP contribution in [-0.2, 0) is 4.79 Å². The topological polar surface area (TPSA) is 20.3 Å². The van der Waals surface area contributed by atoms with Gasteiger partial charge in [-0.25, -0.2) is 0 Å². The van der Waals surface area contributed by atoms with E-state index in [0.29, 0.717) is 12.0 Å². The summed E-state index contributed by atoms with van der Waals surface area (Å²) in [5, 5.41) is 0. The van der Waals surface area contributed by atoms with E-state index < -0.39 is 0 Å². The maximum absolute atomic E-state index is 11.1. The molecule has 0 bridgehead atoms. The Morgan fingerprint density at radius 1 is 1.46 bits per heavy atom. The summed E-state index contributed by atoms with van der Waals surface area (Å²) < 4.78 is 0. The van der Waals surface area contributed by atoms with Gasteiger partial charge in [0.15, 0.2) is 5.78 Å². The van der Waals surface area contributed by atoms with Crippen molar-refractivity contribution in [2.24, 2.45) is 5.92 Å². The third-order valence-electron chi connectivity index (χ3n) is 2.66. The summed E-state index contributed by atoms with van der Waals surface area (Å²) in [4.78, 5) is 13.3. The number of likely N-dealkylation sites (N-methyl/N-ethyl adjacent to an activating group) is 1. The van der Waals surface area contributed by atoms with Gasteiger partial charge in [0.2, 0.25) is 0 Å². The monoisotopic (exact) mass is 175 g/mol. The van der Waals surface area contributed by atoms with Crippen LogP contribution in [-0.4, -0.2) is 23.8 Å². The van der Waals surface area contributed by atoms with Crippen molar-refractivity contribution in [3.05, 3.63) is 36.1 Å². The fraction of sp³-hybridized carbons (Fsp3) is 0.364. The van der Waals surface area contributed by atoms with Crippen LogP contribution < -0.4 is 0 Å². The van der Waals surface area contributed by atoms with Crippen LogP contribution in [0.25, 0.3) is 0 Å². The number of carbonyl (C=O) groups excluding carboxylic acids is 1. The number of hydrogen-bond donors (Lipinski definition) is 0. The molecule has 2 rings (SSSR count). The number of nitrogens with zero attached hydrogens (tertiary/aromatic N) is 1. The Kier molecular flexibility index (Phi) is 1.83. The molecule has 0 aromatic rings. The first-order valence-electron chi connectivity index (χ1n) is 4.50. The Morgan fingerprint density at radius 3 is 2.92 bits per heavy atom. The van der Waals surface area contributed by atoms with Gasteiger partial charge in [0, 0.05) is 18.5 Å². The molecule has 2 nitrogen and oxygen atoms in total. The molecule has 0 spiro atoms. The number of rotatable bonds is 1. The van der Waals surface area contributed by atoms with E-state index in [1.807, 2.05) is 12.2 Å². The number of allylic oxidation sites excluding steroid dienone is 2. The zero-order valence-electron chi connectivity index (χ0n) is 7.90. The summed E-state index contributed by atoms with van der Waals surface area (Å²) >= 11 is 0. The smallest absolute Gasteiger partial charge is 0.159 e. The van der Waals surface area contributed by atoms with Crippen molar-refractivity contribution in [1.29, 1.82) is 0 Å². The molecule has 0 aromatic carbocycles. The molecular formula is C11H13NO. The minimum absolute atomic E-state index is 0.151. The molecule has 0 radical (unpaired) electrons. The molecule has 0 amide bonds. The van der Waals surface area contributed by atoms with Crippen LogP contribution in [0, 0.1) is 5.92 Å². The molecule has 2 atom stereocenters. The van der Waals surface area contributed by atoms with E-state index in [4.69, 9.17) is 0 Å². The van der Waals surface area contributed by atoms with Crippen LogP contribution in [0.3, 0.4) is 0 Å². The van der Waals surface area contributed by atoms with E-state index in [9.17, 15) is 4.79 Å². The van der Waals surface area contributed by atoms with Crippen molar-refractivity contribution in [3.8, 4) is 0 Å². The van der Waals surface area contributed by atoms with Gasteiger partial charge < -0.3 is 4.90 Å². The molecule has 0 saturated carbocycles. The van der Waals surface area contributed by atoms with Crippen molar-refractivity contribution < 1.29 is 4.79 Å². The van der Waals surface area contributed by atoms with Gasteiger partial charge in [0.05, 0.1) is 6.04 Å². The highest BCUT2D eigenvalue weighted by molar-refractivity contribution is 5.96. The minimum Gasteiger partial charge on any atom is -0.373 e. The Bertz CT molecular complexity index is 325. The van der Waals surface area contributed by atoms with E-state index in [0.717, 1.165) is 5.57 Å². The second kappa shape index (κ2) is 2.87. The van der Waals surface area contributed by atoms with Gasteiger partial charge in [-0.1, -0.05) is 24.3 Å². The zero-order valence-corrected chi connectivity index (χ0v) is 7.90. The number of Topliss-reactive ketones (excluding diaryl/α,β-unsaturated/α-hetero) is 1. The molecular weight excluding hydrogens is 162 g/mol. The third kappa shape index (κ3) is 1.32. The maximum atomic E-state index is 11.1. The van der Waals surface area contributed by atoms with Gasteiger partial charge in [0.1, 0.15) is 0 Å². The largest absolute Gasteiger partial charge is 0.373 e. The molecule has 0 aromatic heterocycles. The van der Waals surface area contributed by atoms with Crippen LogP contribution in [0.4, 0.5) is 0 Å². The van der Waals surface area contributed by atoms with Crippen LogP contribution >= 0.6 is 0 Å². The molecule has 0 N–H and O–H groups in total. The first-order chi connectivity index (χ1) is 6.18. The lowest BCUT2D eigenvalue weighted by Crippen LogP contribution is -2.27. The standard InChI is InChI=1S/C11H13NO/c1-8(13)9-3-4-11-10(7-9)5-6-12(11)2/h3-7,10-11H,1-2H3. The van der Waals surface area contributed by atoms with Gasteiger partial charge in [-0.2, -0.15) is 0 Å². The third-order valence-corrected chi connectivity index (χ3v) is 2.66.